The van der Waals surface area contributed by atoms with Crippen molar-refractivity contribution in [2.24, 2.45) is 5.16 Å². The summed E-state index contributed by atoms with van der Waals surface area (Å²) in [6, 6.07) is 6.54. The molecule has 130 valence electrons. The smallest absolute Gasteiger partial charge is 0.270 e. The minimum Gasteiger partial charge on any atom is -0.379 e. The lowest BCUT2D eigenvalue weighted by Crippen LogP contribution is -2.48. The van der Waals surface area contributed by atoms with Crippen LogP contribution in [0, 0.1) is 5.82 Å². The third-order valence-electron chi connectivity index (χ3n) is 4.80. The average molecular weight is 342 g/mol. The lowest BCUT2D eigenvalue weighted by atomic mass is 9.95. The fraction of sp³-hybridized carbons (Fsp3) is 0.389. The monoisotopic (exact) mass is 342 g/mol. The van der Waals surface area contributed by atoms with E-state index in [-0.39, 0.29) is 11.7 Å². The molecule has 3 heterocycles. The Morgan fingerprint density at radius 2 is 2.20 bits per heavy atom. The van der Waals surface area contributed by atoms with Gasteiger partial charge in [0.15, 0.2) is 0 Å². The molecule has 0 bridgehead atoms. The number of fused-ring (bicyclic) bond motifs is 1. The number of aromatic amines is 1. The van der Waals surface area contributed by atoms with Crippen LogP contribution in [-0.4, -0.2) is 38.9 Å². The van der Waals surface area contributed by atoms with Crippen LogP contribution in [0.25, 0.3) is 11.3 Å². The number of benzene rings is 1. The number of carbonyl (C=O) groups is 1. The fourth-order valence-corrected chi connectivity index (χ4v) is 3.52. The number of rotatable bonds is 2. The lowest BCUT2D eigenvalue weighted by molar-refractivity contribution is -0.154. The van der Waals surface area contributed by atoms with E-state index < -0.39 is 5.60 Å². The second kappa shape index (κ2) is 5.68. The molecule has 0 saturated heterocycles. The molecule has 7 heteroatoms. The molecule has 1 aromatic carbocycles. The van der Waals surface area contributed by atoms with Gasteiger partial charge in [-0.3, -0.25) is 9.89 Å². The molecular formula is C18H19FN4O2. The predicted molar refractivity (Wildman–Crippen MR) is 90.3 cm³/mol. The van der Waals surface area contributed by atoms with Gasteiger partial charge in [0.1, 0.15) is 11.5 Å². The van der Waals surface area contributed by atoms with Crippen LogP contribution in [0.3, 0.4) is 0 Å². The summed E-state index contributed by atoms with van der Waals surface area (Å²) in [5, 5.41) is 11.2. The Morgan fingerprint density at radius 3 is 2.92 bits per heavy atom. The Balaban J connectivity index is 1.62. The number of hydrogen-bond donors (Lipinski definition) is 1. The molecule has 0 aliphatic carbocycles. The highest BCUT2D eigenvalue weighted by Crippen LogP contribution is 2.32. The summed E-state index contributed by atoms with van der Waals surface area (Å²) in [5.41, 5.74) is 2.68. The van der Waals surface area contributed by atoms with Gasteiger partial charge in [-0.05, 0) is 26.0 Å². The fourth-order valence-electron chi connectivity index (χ4n) is 3.52. The normalized spacial score (nSPS) is 22.4. The third-order valence-corrected chi connectivity index (χ3v) is 4.80. The second-order valence-corrected chi connectivity index (χ2v) is 6.81. The molecule has 1 amide bonds. The molecule has 6 nitrogen and oxygen atoms in total. The number of nitrogens with one attached hydrogen (secondary N) is 1. The maximum atomic E-state index is 14.2. The summed E-state index contributed by atoms with van der Waals surface area (Å²) in [7, 11) is 0. The number of oxime groups is 1. The first-order chi connectivity index (χ1) is 12.0. The Labute approximate surface area is 144 Å². The van der Waals surface area contributed by atoms with E-state index in [1.165, 1.54) is 6.07 Å². The zero-order valence-corrected chi connectivity index (χ0v) is 14.2. The van der Waals surface area contributed by atoms with Crippen LogP contribution >= 0.6 is 0 Å². The minimum absolute atomic E-state index is 0.0977. The van der Waals surface area contributed by atoms with E-state index in [9.17, 15) is 9.18 Å². The topological polar surface area (TPSA) is 70.6 Å². The van der Waals surface area contributed by atoms with Gasteiger partial charge in [-0.25, -0.2) is 4.39 Å². The molecular weight excluding hydrogens is 323 g/mol. The van der Waals surface area contributed by atoms with Crippen molar-refractivity contribution in [3.05, 3.63) is 41.3 Å². The van der Waals surface area contributed by atoms with E-state index in [4.69, 9.17) is 4.84 Å². The highest BCUT2D eigenvalue weighted by Gasteiger charge is 2.44. The van der Waals surface area contributed by atoms with Gasteiger partial charge in [-0.1, -0.05) is 17.3 Å². The second-order valence-electron chi connectivity index (χ2n) is 6.81. The molecule has 2 aliphatic heterocycles. The van der Waals surface area contributed by atoms with Gasteiger partial charge in [-0.15, -0.1) is 0 Å². The summed E-state index contributed by atoms with van der Waals surface area (Å²) < 4.78 is 14.2. The van der Waals surface area contributed by atoms with Crippen molar-refractivity contribution in [2.75, 3.05) is 6.54 Å². The van der Waals surface area contributed by atoms with Crippen molar-refractivity contribution >= 4 is 11.6 Å². The van der Waals surface area contributed by atoms with E-state index in [0.717, 1.165) is 17.0 Å². The van der Waals surface area contributed by atoms with Crippen molar-refractivity contribution in [2.45, 2.75) is 38.8 Å². The SMILES string of the molecule is CC1=NO[C@@](C)(C(=O)N2CCc3[nH]nc(-c4ccccc4F)c3C2)C1. The van der Waals surface area contributed by atoms with Crippen molar-refractivity contribution in [3.63, 3.8) is 0 Å². The van der Waals surface area contributed by atoms with Gasteiger partial charge in [-0.2, -0.15) is 5.10 Å². The largest absolute Gasteiger partial charge is 0.379 e. The zero-order chi connectivity index (χ0) is 17.6. The lowest BCUT2D eigenvalue weighted by Gasteiger charge is -2.32. The number of nitrogens with zero attached hydrogens (tertiary/aromatic N) is 3. The first kappa shape index (κ1) is 15.8. The highest BCUT2D eigenvalue weighted by atomic mass is 19.1. The summed E-state index contributed by atoms with van der Waals surface area (Å²) in [4.78, 5) is 20.1. The number of H-pyrrole nitrogens is 1. The van der Waals surface area contributed by atoms with Gasteiger partial charge in [0.25, 0.3) is 5.91 Å². The van der Waals surface area contributed by atoms with E-state index in [0.29, 0.717) is 37.2 Å². The number of aromatic nitrogens is 2. The Hall–Kier alpha value is -2.70. The molecule has 4 rings (SSSR count). The van der Waals surface area contributed by atoms with E-state index in [2.05, 4.69) is 15.4 Å². The number of hydrogen-bond acceptors (Lipinski definition) is 4. The van der Waals surface area contributed by atoms with Gasteiger partial charge < -0.3 is 9.74 Å². The van der Waals surface area contributed by atoms with E-state index >= 15 is 0 Å². The Kier molecular flexibility index (Phi) is 3.59. The van der Waals surface area contributed by atoms with Crippen LogP contribution in [0.5, 0.6) is 0 Å². The van der Waals surface area contributed by atoms with Gasteiger partial charge in [0.05, 0.1) is 5.71 Å². The van der Waals surface area contributed by atoms with Crippen molar-refractivity contribution < 1.29 is 14.0 Å². The zero-order valence-electron chi connectivity index (χ0n) is 14.2. The van der Waals surface area contributed by atoms with Crippen molar-refractivity contribution in [1.29, 1.82) is 0 Å². The molecule has 1 atom stereocenters. The Bertz CT molecular complexity index is 876. The van der Waals surface area contributed by atoms with Crippen LogP contribution < -0.4 is 0 Å². The summed E-state index contributed by atoms with van der Waals surface area (Å²) in [6.07, 6.45) is 1.14. The average Bonchev–Trinajstić information content (AvgIpc) is 3.18. The predicted octanol–water partition coefficient (Wildman–Crippen LogP) is 2.66. The van der Waals surface area contributed by atoms with Crippen molar-refractivity contribution in [1.82, 2.24) is 15.1 Å². The van der Waals surface area contributed by atoms with Crippen molar-refractivity contribution in [3.8, 4) is 11.3 Å². The first-order valence-corrected chi connectivity index (χ1v) is 8.30. The third kappa shape index (κ3) is 2.59. The molecule has 2 aliphatic rings. The van der Waals surface area contributed by atoms with Crippen LogP contribution in [0.15, 0.2) is 29.4 Å². The molecule has 2 aromatic rings. The quantitative estimate of drug-likeness (QED) is 0.912. The molecule has 0 fully saturated rings. The summed E-state index contributed by atoms with van der Waals surface area (Å²) in [6.45, 7) is 4.56. The molecule has 25 heavy (non-hydrogen) atoms. The summed E-state index contributed by atoms with van der Waals surface area (Å²) >= 11 is 0. The highest BCUT2D eigenvalue weighted by molar-refractivity contribution is 5.94. The molecule has 1 N–H and O–H groups in total. The number of carbonyl (C=O) groups excluding carboxylic acids is 1. The molecule has 0 saturated carbocycles. The molecule has 1 aromatic heterocycles. The first-order valence-electron chi connectivity index (χ1n) is 8.30. The minimum atomic E-state index is -0.955. The van der Waals surface area contributed by atoms with Gasteiger partial charge in [0, 0.05) is 42.8 Å². The standard InChI is InChI=1S/C18H19FN4O2/c1-11-9-18(2,25-22-11)17(24)23-8-7-15-13(10-23)16(21-20-15)12-5-3-4-6-14(12)19/h3-6H,7-10H2,1-2H3,(H,20,21)/t18-/m1/s1. The maximum absolute atomic E-state index is 14.2. The summed E-state index contributed by atoms with van der Waals surface area (Å²) in [5.74, 6) is -0.421. The van der Waals surface area contributed by atoms with E-state index in [1.807, 2.05) is 6.92 Å². The van der Waals surface area contributed by atoms with Crippen LogP contribution in [0.4, 0.5) is 4.39 Å². The number of amides is 1. The van der Waals surface area contributed by atoms with Crippen LogP contribution in [-0.2, 0) is 22.6 Å². The van der Waals surface area contributed by atoms with Gasteiger partial charge >= 0.3 is 0 Å². The molecule has 0 radical (unpaired) electrons. The molecule has 0 spiro atoms. The molecule has 0 unspecified atom stereocenters. The van der Waals surface area contributed by atoms with E-state index in [1.54, 1.807) is 30.0 Å². The number of halogens is 1. The Morgan fingerprint density at radius 1 is 1.40 bits per heavy atom. The van der Waals surface area contributed by atoms with Crippen LogP contribution in [0.2, 0.25) is 0 Å². The van der Waals surface area contributed by atoms with Crippen LogP contribution in [0.1, 0.15) is 31.5 Å². The maximum Gasteiger partial charge on any atom is 0.270 e. The van der Waals surface area contributed by atoms with Gasteiger partial charge in [0.2, 0.25) is 5.60 Å².